The van der Waals surface area contributed by atoms with Gasteiger partial charge in [0.2, 0.25) is 0 Å². The first-order chi connectivity index (χ1) is 7.63. The van der Waals surface area contributed by atoms with Gasteiger partial charge in [-0.15, -0.1) is 11.6 Å². The number of hydroxylamine groups is 1. The van der Waals surface area contributed by atoms with Gasteiger partial charge >= 0.3 is 6.41 Å². The number of rotatable bonds is 3. The molecule has 2 rings (SSSR count). The van der Waals surface area contributed by atoms with Crippen LogP contribution >= 0.6 is 11.6 Å². The predicted molar refractivity (Wildman–Crippen MR) is 57.0 cm³/mol. The van der Waals surface area contributed by atoms with Gasteiger partial charge in [-0.25, -0.2) is 0 Å². The zero-order valence-electron chi connectivity index (χ0n) is 8.26. The van der Waals surface area contributed by atoms with E-state index in [4.69, 9.17) is 16.3 Å². The number of hydrogen-bond donors (Lipinski definition) is 2. The van der Waals surface area contributed by atoms with E-state index in [9.17, 15) is 15.1 Å². The van der Waals surface area contributed by atoms with Crippen molar-refractivity contribution in [3.05, 3.63) is 23.8 Å². The van der Waals surface area contributed by atoms with Crippen LogP contribution < -0.4 is 9.80 Å². The first kappa shape index (κ1) is 11.2. The predicted octanol–water partition coefficient (Wildman–Crippen LogP) is 1.36. The second-order valence-corrected chi connectivity index (χ2v) is 3.71. The average Bonchev–Trinajstić information content (AvgIpc) is 2.55. The van der Waals surface area contributed by atoms with Crippen molar-refractivity contribution >= 4 is 23.1 Å². The van der Waals surface area contributed by atoms with E-state index in [0.717, 1.165) is 0 Å². The number of halogens is 1. The number of carbonyl (C=O) groups excluding carboxylic acids is 1. The number of benzene rings is 1. The Kier molecular flexibility index (Phi) is 3.00. The molecule has 1 aliphatic rings. The normalized spacial score (nSPS) is 18.2. The van der Waals surface area contributed by atoms with E-state index in [1.54, 1.807) is 6.07 Å². The van der Waals surface area contributed by atoms with Gasteiger partial charge in [-0.05, 0) is 18.2 Å². The molecule has 0 spiro atoms. The van der Waals surface area contributed by atoms with Gasteiger partial charge in [0.05, 0.1) is 0 Å². The highest BCUT2D eigenvalue weighted by Gasteiger charge is 2.28. The van der Waals surface area contributed by atoms with Crippen LogP contribution in [0.2, 0.25) is 0 Å². The van der Waals surface area contributed by atoms with E-state index in [1.165, 1.54) is 12.1 Å². The molecular formula is C10H10ClNO4. The first-order valence-electron chi connectivity index (χ1n) is 4.69. The highest BCUT2D eigenvalue weighted by molar-refractivity contribution is 6.19. The molecule has 1 heterocycles. The van der Waals surface area contributed by atoms with Gasteiger partial charge < -0.3 is 9.84 Å². The summed E-state index contributed by atoms with van der Waals surface area (Å²) in [6.07, 6.45) is -1.18. The number of alkyl halides is 1. The largest absolute Gasteiger partial charge is 0.443 e. The minimum atomic E-state index is -1.42. The lowest BCUT2D eigenvalue weighted by atomic mass is 10.1. The summed E-state index contributed by atoms with van der Waals surface area (Å²) in [5.74, 6) is 0.425. The van der Waals surface area contributed by atoms with Gasteiger partial charge in [0, 0.05) is 17.9 Å². The number of aliphatic hydroxyl groups excluding tert-OH is 1. The lowest BCUT2D eigenvalue weighted by molar-refractivity contribution is -0.0545. The highest BCUT2D eigenvalue weighted by atomic mass is 35.5. The summed E-state index contributed by atoms with van der Waals surface area (Å²) in [7, 11) is 0. The zero-order chi connectivity index (χ0) is 11.7. The quantitative estimate of drug-likeness (QED) is 0.620. The summed E-state index contributed by atoms with van der Waals surface area (Å²) in [6, 6.07) is 4.54. The Labute approximate surface area is 96.8 Å². The second-order valence-electron chi connectivity index (χ2n) is 3.33. The Balaban J connectivity index is 2.28. The Morgan fingerprint density at radius 3 is 3.00 bits per heavy atom. The van der Waals surface area contributed by atoms with Crippen LogP contribution in [-0.4, -0.2) is 28.4 Å². The van der Waals surface area contributed by atoms with Crippen LogP contribution in [-0.2, 0) is 0 Å². The fourth-order valence-corrected chi connectivity index (χ4v) is 1.66. The fraction of sp³-hybridized carbons (Fsp3) is 0.300. The van der Waals surface area contributed by atoms with Crippen molar-refractivity contribution in [1.82, 2.24) is 0 Å². The van der Waals surface area contributed by atoms with E-state index < -0.39 is 6.41 Å². The molecular weight excluding hydrogens is 234 g/mol. The number of Topliss-reactive ketones (excluding diaryl/α,β-unsaturated/α-hetero) is 1. The highest BCUT2D eigenvalue weighted by Crippen LogP contribution is 2.35. The molecule has 0 saturated heterocycles. The summed E-state index contributed by atoms with van der Waals surface area (Å²) >= 11 is 5.47. The lowest BCUT2D eigenvalue weighted by Crippen LogP contribution is -2.30. The van der Waals surface area contributed by atoms with E-state index in [-0.39, 0.29) is 23.8 Å². The van der Waals surface area contributed by atoms with Crippen molar-refractivity contribution in [3.63, 3.8) is 0 Å². The van der Waals surface area contributed by atoms with Crippen LogP contribution in [0.1, 0.15) is 16.8 Å². The van der Waals surface area contributed by atoms with E-state index in [2.05, 4.69) is 0 Å². The van der Waals surface area contributed by atoms with Gasteiger partial charge in [0.1, 0.15) is 5.69 Å². The fourth-order valence-electron chi connectivity index (χ4n) is 1.48. The maximum absolute atomic E-state index is 11.5. The summed E-state index contributed by atoms with van der Waals surface area (Å²) < 4.78 is 4.93. The van der Waals surface area contributed by atoms with E-state index in [0.29, 0.717) is 16.3 Å². The Bertz CT molecular complexity index is 423. The third kappa shape index (κ3) is 1.84. The molecule has 5 nitrogen and oxygen atoms in total. The zero-order valence-corrected chi connectivity index (χ0v) is 9.02. The SMILES string of the molecule is O=C(CCCl)c1ccc2c(c1)OC(O)N2O. The summed E-state index contributed by atoms with van der Waals surface area (Å²) in [5.41, 5.74) is 0.775. The molecule has 0 saturated carbocycles. The Morgan fingerprint density at radius 1 is 1.56 bits per heavy atom. The summed E-state index contributed by atoms with van der Waals surface area (Å²) in [4.78, 5) is 11.5. The number of hydrogen-bond acceptors (Lipinski definition) is 5. The third-order valence-electron chi connectivity index (χ3n) is 2.29. The van der Waals surface area contributed by atoms with Crippen LogP contribution in [0.15, 0.2) is 18.2 Å². The number of carbonyl (C=O) groups is 1. The maximum Gasteiger partial charge on any atom is 0.304 e. The molecule has 16 heavy (non-hydrogen) atoms. The number of aliphatic hydroxyl groups is 1. The van der Waals surface area contributed by atoms with Crippen LogP contribution in [0, 0.1) is 0 Å². The summed E-state index contributed by atoms with van der Waals surface area (Å²) in [5, 5.41) is 19.1. The number of nitrogens with zero attached hydrogens (tertiary/aromatic N) is 1. The number of anilines is 1. The topological polar surface area (TPSA) is 70.0 Å². The lowest BCUT2D eigenvalue weighted by Gasteiger charge is -2.10. The smallest absolute Gasteiger partial charge is 0.304 e. The average molecular weight is 244 g/mol. The van der Waals surface area contributed by atoms with Crippen molar-refractivity contribution in [2.75, 3.05) is 10.9 Å². The molecule has 2 N–H and O–H groups in total. The number of ketones is 1. The molecule has 1 atom stereocenters. The van der Waals surface area contributed by atoms with Crippen LogP contribution in [0.25, 0.3) is 0 Å². The van der Waals surface area contributed by atoms with E-state index in [1.807, 2.05) is 0 Å². The minimum Gasteiger partial charge on any atom is -0.443 e. The van der Waals surface area contributed by atoms with Crippen molar-refractivity contribution in [1.29, 1.82) is 0 Å². The maximum atomic E-state index is 11.5. The molecule has 0 bridgehead atoms. The Hall–Kier alpha value is -1.30. The van der Waals surface area contributed by atoms with Gasteiger partial charge in [0.25, 0.3) is 0 Å². The molecule has 1 aliphatic heterocycles. The molecule has 1 aromatic rings. The second kappa shape index (κ2) is 4.29. The van der Waals surface area contributed by atoms with Crippen molar-refractivity contribution < 1.29 is 19.8 Å². The van der Waals surface area contributed by atoms with Crippen molar-refractivity contribution in [2.45, 2.75) is 12.8 Å². The number of ether oxygens (including phenoxy) is 1. The monoisotopic (exact) mass is 243 g/mol. The molecule has 0 aliphatic carbocycles. The molecule has 6 heteroatoms. The minimum absolute atomic E-state index is 0.104. The molecule has 1 aromatic carbocycles. The molecule has 0 radical (unpaired) electrons. The van der Waals surface area contributed by atoms with Crippen LogP contribution in [0.5, 0.6) is 5.75 Å². The standard InChI is InChI=1S/C10H10ClNO4/c11-4-3-8(13)6-1-2-7-9(5-6)16-10(14)12(7)15/h1-2,5,10,14-15H,3-4H2. The molecule has 86 valence electrons. The van der Waals surface area contributed by atoms with Gasteiger partial charge in [-0.3, -0.25) is 10.0 Å². The summed E-state index contributed by atoms with van der Waals surface area (Å²) in [6.45, 7) is 0. The third-order valence-corrected chi connectivity index (χ3v) is 2.48. The van der Waals surface area contributed by atoms with E-state index >= 15 is 0 Å². The van der Waals surface area contributed by atoms with Crippen molar-refractivity contribution in [2.24, 2.45) is 0 Å². The van der Waals surface area contributed by atoms with Crippen LogP contribution in [0.3, 0.4) is 0 Å². The van der Waals surface area contributed by atoms with Crippen LogP contribution in [0.4, 0.5) is 5.69 Å². The van der Waals surface area contributed by atoms with Gasteiger partial charge in [-0.2, -0.15) is 5.06 Å². The van der Waals surface area contributed by atoms with Gasteiger partial charge in [-0.1, -0.05) is 0 Å². The molecule has 0 amide bonds. The Morgan fingerprint density at radius 2 is 2.31 bits per heavy atom. The van der Waals surface area contributed by atoms with Gasteiger partial charge in [0.15, 0.2) is 11.5 Å². The molecule has 0 aromatic heterocycles. The van der Waals surface area contributed by atoms with Crippen molar-refractivity contribution in [3.8, 4) is 5.75 Å². The first-order valence-corrected chi connectivity index (χ1v) is 5.23. The molecule has 1 unspecified atom stereocenters. The number of fused-ring (bicyclic) bond motifs is 1. The molecule has 0 fully saturated rings.